The van der Waals surface area contributed by atoms with Crippen LogP contribution in [0.2, 0.25) is 5.02 Å². The molecule has 37 heavy (non-hydrogen) atoms. The number of nitrogens with two attached hydrogens (primary N) is 1. The largest absolute Gasteiger partial charge is 0.476 e. The zero-order valence-electron chi connectivity index (χ0n) is 19.7. The zero-order valence-corrected chi connectivity index (χ0v) is 21.3. The van der Waals surface area contributed by atoms with E-state index in [0.29, 0.717) is 30.2 Å². The molecule has 1 fully saturated rings. The second-order valence-electron chi connectivity index (χ2n) is 9.26. The normalized spacial score (nSPS) is 17.0. The number of sulfone groups is 1. The van der Waals surface area contributed by atoms with E-state index in [0.717, 1.165) is 25.0 Å². The topological polar surface area (TPSA) is 112 Å². The Balaban J connectivity index is 1.66. The van der Waals surface area contributed by atoms with E-state index >= 15 is 0 Å². The van der Waals surface area contributed by atoms with Crippen molar-refractivity contribution in [3.63, 3.8) is 0 Å². The van der Waals surface area contributed by atoms with E-state index in [2.05, 4.69) is 9.97 Å². The Morgan fingerprint density at radius 1 is 1.14 bits per heavy atom. The lowest BCUT2D eigenvalue weighted by molar-refractivity contribution is -0.127. The molecule has 2 heterocycles. The summed E-state index contributed by atoms with van der Waals surface area (Å²) in [5.41, 5.74) is 6.20. The van der Waals surface area contributed by atoms with Crippen molar-refractivity contribution < 1.29 is 26.7 Å². The number of aryl methyl sites for hydroxylation is 1. The summed E-state index contributed by atoms with van der Waals surface area (Å²) in [5.74, 6) is -2.74. The average molecular weight is 546 g/mol. The molecule has 1 aliphatic heterocycles. The van der Waals surface area contributed by atoms with E-state index in [1.54, 1.807) is 19.1 Å². The van der Waals surface area contributed by atoms with Crippen LogP contribution in [0.15, 0.2) is 47.5 Å². The summed E-state index contributed by atoms with van der Waals surface area (Å²) in [6, 6.07) is 6.99. The summed E-state index contributed by atoms with van der Waals surface area (Å²) >= 11 is 6.74. The van der Waals surface area contributed by atoms with Gasteiger partial charge in [0.25, 0.3) is 0 Å². The van der Waals surface area contributed by atoms with Gasteiger partial charge in [-0.25, -0.2) is 27.2 Å². The first-order valence-electron chi connectivity index (χ1n) is 11.5. The second-order valence-corrected chi connectivity index (χ2v) is 11.6. The number of nitrogens with zero attached hydrogens (tertiary/aromatic N) is 2. The molecular weight excluding hydrogens is 524 g/mol. The van der Waals surface area contributed by atoms with Crippen LogP contribution >= 0.6 is 11.6 Å². The fraction of sp³-hybridized carbons (Fsp3) is 0.269. The smallest absolute Gasteiger partial charge is 0.220 e. The number of nitrogen functional groups attached to an aromatic ring is 1. The van der Waals surface area contributed by atoms with Gasteiger partial charge in [-0.3, -0.25) is 4.79 Å². The molecule has 0 saturated heterocycles. The zero-order chi connectivity index (χ0) is 26.5. The van der Waals surface area contributed by atoms with E-state index in [4.69, 9.17) is 22.1 Å². The van der Waals surface area contributed by atoms with Crippen LogP contribution in [0.25, 0.3) is 11.3 Å². The molecule has 0 bridgehead atoms. The molecular formula is C26H22ClF2N3O4S. The molecule has 1 spiro atoms. The van der Waals surface area contributed by atoms with Crippen molar-refractivity contribution >= 4 is 44.5 Å². The SMILES string of the molecule is Cc1cc(CS(=O)(=O)c2cc(F)ccc2F)c(Cl)c(C2=C(c3ccnc(N)n3)OC3(CCCC3)C2=O)c1. The van der Waals surface area contributed by atoms with Gasteiger partial charge < -0.3 is 10.5 Å². The highest BCUT2D eigenvalue weighted by molar-refractivity contribution is 7.90. The van der Waals surface area contributed by atoms with Crippen molar-refractivity contribution in [2.45, 2.75) is 48.9 Å². The van der Waals surface area contributed by atoms with Crippen LogP contribution < -0.4 is 5.73 Å². The highest BCUT2D eigenvalue weighted by Crippen LogP contribution is 2.50. The first-order chi connectivity index (χ1) is 17.5. The third kappa shape index (κ3) is 4.48. The quantitative estimate of drug-likeness (QED) is 0.477. The Morgan fingerprint density at radius 2 is 1.86 bits per heavy atom. The number of hydrogen-bond acceptors (Lipinski definition) is 7. The first kappa shape index (κ1) is 25.3. The van der Waals surface area contributed by atoms with Crippen molar-refractivity contribution in [2.24, 2.45) is 0 Å². The maximum absolute atomic E-state index is 14.3. The van der Waals surface area contributed by atoms with E-state index < -0.39 is 37.7 Å². The fourth-order valence-corrected chi connectivity index (χ4v) is 6.75. The van der Waals surface area contributed by atoms with Crippen molar-refractivity contribution in [3.05, 3.63) is 81.6 Å². The van der Waals surface area contributed by atoms with Crippen LogP contribution in [-0.4, -0.2) is 29.8 Å². The molecule has 1 aliphatic carbocycles. The monoisotopic (exact) mass is 545 g/mol. The van der Waals surface area contributed by atoms with Gasteiger partial charge in [0.1, 0.15) is 22.2 Å². The van der Waals surface area contributed by atoms with Gasteiger partial charge in [0.15, 0.2) is 21.2 Å². The van der Waals surface area contributed by atoms with Gasteiger partial charge in [-0.15, -0.1) is 0 Å². The lowest BCUT2D eigenvalue weighted by atomic mass is 9.88. The maximum Gasteiger partial charge on any atom is 0.220 e. The molecule has 0 radical (unpaired) electrons. The number of ether oxygens (including phenoxy) is 1. The Kier molecular flexibility index (Phi) is 6.27. The van der Waals surface area contributed by atoms with E-state index in [-0.39, 0.29) is 39.2 Å². The van der Waals surface area contributed by atoms with Gasteiger partial charge in [0.05, 0.1) is 16.3 Å². The molecule has 192 valence electrons. The minimum atomic E-state index is -4.32. The summed E-state index contributed by atoms with van der Waals surface area (Å²) in [7, 11) is -4.32. The van der Waals surface area contributed by atoms with Crippen LogP contribution in [0.3, 0.4) is 0 Å². The highest BCUT2D eigenvalue weighted by atomic mass is 35.5. The molecule has 0 atom stereocenters. The molecule has 0 amide bonds. The summed E-state index contributed by atoms with van der Waals surface area (Å²) in [4.78, 5) is 21.2. The predicted molar refractivity (Wildman–Crippen MR) is 134 cm³/mol. The average Bonchev–Trinajstić information content (AvgIpc) is 3.43. The number of anilines is 1. The number of Topliss-reactive ketones (excluding diaryl/α,β-unsaturated/α-hetero) is 1. The van der Waals surface area contributed by atoms with Crippen molar-refractivity contribution in [1.29, 1.82) is 0 Å². The summed E-state index contributed by atoms with van der Waals surface area (Å²) < 4.78 is 60.4. The number of ketones is 1. The van der Waals surface area contributed by atoms with Gasteiger partial charge in [0.2, 0.25) is 11.7 Å². The molecule has 1 saturated carbocycles. The minimum Gasteiger partial charge on any atom is -0.476 e. The van der Waals surface area contributed by atoms with E-state index in [1.165, 1.54) is 12.3 Å². The van der Waals surface area contributed by atoms with Crippen LogP contribution in [-0.2, 0) is 25.1 Å². The fourth-order valence-electron chi connectivity index (χ4n) is 4.95. The molecule has 11 heteroatoms. The maximum atomic E-state index is 14.3. The van der Waals surface area contributed by atoms with Crippen molar-refractivity contribution in [3.8, 4) is 0 Å². The van der Waals surface area contributed by atoms with Crippen LogP contribution in [0.4, 0.5) is 14.7 Å². The van der Waals surface area contributed by atoms with Crippen molar-refractivity contribution in [2.75, 3.05) is 5.73 Å². The minimum absolute atomic E-state index is 0.00693. The molecule has 0 unspecified atom stereocenters. The summed E-state index contributed by atoms with van der Waals surface area (Å²) in [6.45, 7) is 1.72. The predicted octanol–water partition coefficient (Wildman–Crippen LogP) is 5.05. The van der Waals surface area contributed by atoms with Crippen LogP contribution in [0.1, 0.15) is 48.1 Å². The molecule has 5 rings (SSSR count). The molecule has 7 nitrogen and oxygen atoms in total. The Hall–Kier alpha value is -3.37. The van der Waals surface area contributed by atoms with Gasteiger partial charge >= 0.3 is 0 Å². The van der Waals surface area contributed by atoms with Crippen LogP contribution in [0, 0.1) is 18.6 Å². The number of rotatable bonds is 5. The van der Waals surface area contributed by atoms with Gasteiger partial charge in [-0.05, 0) is 68.5 Å². The Labute approximate surface area is 217 Å². The summed E-state index contributed by atoms with van der Waals surface area (Å²) in [6.07, 6.45) is 4.09. The summed E-state index contributed by atoms with van der Waals surface area (Å²) in [5, 5.41) is -0.00693. The molecule has 2 aliphatic rings. The van der Waals surface area contributed by atoms with Crippen molar-refractivity contribution in [1.82, 2.24) is 9.97 Å². The number of aromatic nitrogens is 2. The number of benzene rings is 2. The van der Waals surface area contributed by atoms with Gasteiger partial charge in [0, 0.05) is 11.8 Å². The molecule has 2 aromatic carbocycles. The number of halogens is 3. The number of hydrogen-bond donors (Lipinski definition) is 1. The Morgan fingerprint density at radius 3 is 2.57 bits per heavy atom. The van der Waals surface area contributed by atoms with Gasteiger partial charge in [-0.2, -0.15) is 0 Å². The first-order valence-corrected chi connectivity index (χ1v) is 13.6. The molecule has 2 N–H and O–H groups in total. The molecule has 3 aromatic rings. The lowest BCUT2D eigenvalue weighted by Gasteiger charge is -2.22. The number of carbonyl (C=O) groups excluding carboxylic acids is 1. The Bertz CT molecular complexity index is 1580. The van der Waals surface area contributed by atoms with Crippen LogP contribution in [0.5, 0.6) is 0 Å². The highest BCUT2D eigenvalue weighted by Gasteiger charge is 2.52. The van der Waals surface area contributed by atoms with E-state index in [9.17, 15) is 22.0 Å². The van der Waals surface area contributed by atoms with Gasteiger partial charge in [-0.1, -0.05) is 23.2 Å². The molecule has 1 aromatic heterocycles. The lowest BCUT2D eigenvalue weighted by Crippen LogP contribution is -2.33. The second kappa shape index (κ2) is 9.18. The third-order valence-corrected chi connectivity index (χ3v) is 8.74. The standard InChI is InChI=1S/C26H22ClF2N3O4S/c1-14-10-15(13-37(34,35)20-12-16(28)4-5-18(20)29)22(27)17(11-14)21-23(19-6-9-31-25(30)32-19)36-26(24(21)33)7-2-3-8-26/h4-6,9-12H,2-3,7-8,13H2,1H3,(H2,30,31,32). The third-order valence-electron chi connectivity index (χ3n) is 6.62. The van der Waals surface area contributed by atoms with E-state index in [1.807, 2.05) is 0 Å². The number of carbonyl (C=O) groups is 1.